The van der Waals surface area contributed by atoms with Crippen LogP contribution < -0.4 is 9.64 Å². The molecule has 0 aliphatic carbocycles. The smallest absolute Gasteiger partial charge is 0.397 e. The highest BCUT2D eigenvalue weighted by Crippen LogP contribution is 2.29. The lowest BCUT2D eigenvalue weighted by Gasteiger charge is -2.35. The predicted molar refractivity (Wildman–Crippen MR) is 103 cm³/mol. The predicted octanol–water partition coefficient (Wildman–Crippen LogP) is 0.282. The van der Waals surface area contributed by atoms with E-state index in [4.69, 9.17) is 9.47 Å². The molecule has 9 nitrogen and oxygen atoms in total. The molecule has 2 heterocycles. The topological polar surface area (TPSA) is 96.5 Å². The van der Waals surface area contributed by atoms with E-state index in [0.29, 0.717) is 31.1 Å². The van der Waals surface area contributed by atoms with E-state index in [-0.39, 0.29) is 37.9 Å². The van der Waals surface area contributed by atoms with Gasteiger partial charge in [-0.3, -0.25) is 14.4 Å². The summed E-state index contributed by atoms with van der Waals surface area (Å²) in [5, 5.41) is 0. The molecular formula is C20H25N3O6. The van der Waals surface area contributed by atoms with Crippen molar-refractivity contribution in [2.45, 2.75) is 13.3 Å². The lowest BCUT2D eigenvalue weighted by Crippen LogP contribution is -2.53. The third kappa shape index (κ3) is 4.49. The van der Waals surface area contributed by atoms with Gasteiger partial charge in [0.05, 0.1) is 19.6 Å². The van der Waals surface area contributed by atoms with Crippen LogP contribution >= 0.6 is 0 Å². The lowest BCUT2D eigenvalue weighted by molar-refractivity contribution is -0.161. The Labute approximate surface area is 169 Å². The van der Waals surface area contributed by atoms with Crippen LogP contribution in [0.5, 0.6) is 5.75 Å². The number of hydrogen-bond acceptors (Lipinski definition) is 6. The molecule has 0 unspecified atom stereocenters. The summed E-state index contributed by atoms with van der Waals surface area (Å²) >= 11 is 0. The van der Waals surface area contributed by atoms with E-state index in [2.05, 4.69) is 0 Å². The summed E-state index contributed by atoms with van der Waals surface area (Å²) in [4.78, 5) is 53.6. The maximum atomic E-state index is 12.9. The number of rotatable bonds is 4. The molecule has 1 atom stereocenters. The number of carbonyl (C=O) groups is 4. The summed E-state index contributed by atoms with van der Waals surface area (Å²) < 4.78 is 9.93. The second-order valence-electron chi connectivity index (χ2n) is 6.94. The van der Waals surface area contributed by atoms with Gasteiger partial charge in [-0.2, -0.15) is 0 Å². The van der Waals surface area contributed by atoms with Crippen LogP contribution in [0.15, 0.2) is 24.3 Å². The molecule has 0 bridgehead atoms. The Kier molecular flexibility index (Phi) is 6.36. The Morgan fingerprint density at radius 1 is 1.10 bits per heavy atom. The van der Waals surface area contributed by atoms with Crippen molar-refractivity contribution >= 4 is 29.4 Å². The molecule has 2 saturated heterocycles. The number of amides is 3. The first-order valence-corrected chi connectivity index (χ1v) is 9.63. The number of nitrogens with zero attached hydrogens (tertiary/aromatic N) is 3. The fraction of sp³-hybridized carbons (Fsp3) is 0.500. The zero-order valence-electron chi connectivity index (χ0n) is 16.6. The Bertz CT molecular complexity index is 803. The first kappa shape index (κ1) is 20.6. The van der Waals surface area contributed by atoms with Crippen molar-refractivity contribution in [2.24, 2.45) is 5.92 Å². The highest BCUT2D eigenvalue weighted by Gasteiger charge is 2.38. The van der Waals surface area contributed by atoms with Crippen LogP contribution in [0, 0.1) is 5.92 Å². The first-order chi connectivity index (χ1) is 13.9. The fourth-order valence-corrected chi connectivity index (χ4v) is 3.61. The van der Waals surface area contributed by atoms with Gasteiger partial charge in [-0.1, -0.05) is 6.07 Å². The Morgan fingerprint density at radius 2 is 1.79 bits per heavy atom. The van der Waals surface area contributed by atoms with Crippen LogP contribution in [-0.2, 0) is 23.9 Å². The molecule has 0 saturated carbocycles. The van der Waals surface area contributed by atoms with Crippen LogP contribution in [0.3, 0.4) is 0 Å². The highest BCUT2D eigenvalue weighted by atomic mass is 16.5. The van der Waals surface area contributed by atoms with E-state index in [9.17, 15) is 19.2 Å². The van der Waals surface area contributed by atoms with Crippen LogP contribution in [0.25, 0.3) is 0 Å². The van der Waals surface area contributed by atoms with E-state index in [1.165, 1.54) is 4.90 Å². The van der Waals surface area contributed by atoms with Crippen LogP contribution in [-0.4, -0.2) is 79.9 Å². The van der Waals surface area contributed by atoms with Gasteiger partial charge in [-0.05, 0) is 19.1 Å². The van der Waals surface area contributed by atoms with Crippen LogP contribution in [0.1, 0.15) is 13.3 Å². The van der Waals surface area contributed by atoms with Gasteiger partial charge in [0.25, 0.3) is 0 Å². The summed E-state index contributed by atoms with van der Waals surface area (Å²) in [5.74, 6) is -1.55. The molecule has 1 aromatic carbocycles. The molecule has 9 heteroatoms. The van der Waals surface area contributed by atoms with E-state index < -0.39 is 17.8 Å². The monoisotopic (exact) mass is 403 g/mol. The van der Waals surface area contributed by atoms with Crippen molar-refractivity contribution in [2.75, 3.05) is 51.3 Å². The Morgan fingerprint density at radius 3 is 2.45 bits per heavy atom. The average Bonchev–Trinajstić information content (AvgIpc) is 3.14. The molecule has 0 aromatic heterocycles. The summed E-state index contributed by atoms with van der Waals surface area (Å²) in [7, 11) is 1.56. The van der Waals surface area contributed by atoms with Gasteiger partial charge in [0, 0.05) is 50.9 Å². The molecule has 2 aliphatic rings. The molecule has 0 N–H and O–H groups in total. The van der Waals surface area contributed by atoms with Gasteiger partial charge in [0.2, 0.25) is 11.8 Å². The van der Waals surface area contributed by atoms with Gasteiger partial charge in [0.15, 0.2) is 0 Å². The van der Waals surface area contributed by atoms with E-state index >= 15 is 0 Å². The summed E-state index contributed by atoms with van der Waals surface area (Å²) in [6.45, 7) is 3.28. The number of anilines is 1. The van der Waals surface area contributed by atoms with Crippen molar-refractivity contribution in [1.82, 2.24) is 9.80 Å². The van der Waals surface area contributed by atoms with Crippen molar-refractivity contribution in [3.63, 3.8) is 0 Å². The largest absolute Gasteiger partial charge is 0.497 e. The molecule has 29 heavy (non-hydrogen) atoms. The molecular weight excluding hydrogens is 378 g/mol. The van der Waals surface area contributed by atoms with E-state index in [1.54, 1.807) is 42.0 Å². The minimum atomic E-state index is -0.873. The third-order valence-corrected chi connectivity index (χ3v) is 5.17. The van der Waals surface area contributed by atoms with Gasteiger partial charge in [-0.15, -0.1) is 0 Å². The molecule has 2 fully saturated rings. The van der Waals surface area contributed by atoms with Gasteiger partial charge in [-0.25, -0.2) is 4.79 Å². The number of piperazine rings is 1. The summed E-state index contributed by atoms with van der Waals surface area (Å²) in [5.41, 5.74) is 0.703. The van der Waals surface area contributed by atoms with E-state index in [0.717, 1.165) is 0 Å². The van der Waals surface area contributed by atoms with Gasteiger partial charge in [0.1, 0.15) is 5.75 Å². The molecule has 156 valence electrons. The van der Waals surface area contributed by atoms with Crippen LogP contribution in [0.2, 0.25) is 0 Å². The number of esters is 1. The van der Waals surface area contributed by atoms with Crippen molar-refractivity contribution in [1.29, 1.82) is 0 Å². The van der Waals surface area contributed by atoms with Crippen molar-refractivity contribution < 1.29 is 28.7 Å². The van der Waals surface area contributed by atoms with E-state index in [1.807, 2.05) is 6.07 Å². The molecule has 3 rings (SSSR count). The van der Waals surface area contributed by atoms with Gasteiger partial charge < -0.3 is 24.2 Å². The molecule has 3 amide bonds. The molecule has 1 aromatic rings. The quantitative estimate of drug-likeness (QED) is 0.529. The molecule has 0 radical (unpaired) electrons. The fourth-order valence-electron chi connectivity index (χ4n) is 3.61. The number of benzene rings is 1. The maximum absolute atomic E-state index is 12.9. The minimum absolute atomic E-state index is 0.104. The SMILES string of the molecule is CCOC(=O)C(=O)N1CCN(C(=O)[C@H]2CC(=O)N(c3cccc(OC)c3)C2)CC1. The minimum Gasteiger partial charge on any atom is -0.497 e. The lowest BCUT2D eigenvalue weighted by atomic mass is 10.1. The second kappa shape index (κ2) is 8.93. The number of carbonyl (C=O) groups excluding carboxylic acids is 4. The number of ether oxygens (including phenoxy) is 2. The Balaban J connectivity index is 1.57. The van der Waals surface area contributed by atoms with Crippen LogP contribution in [0.4, 0.5) is 5.69 Å². The van der Waals surface area contributed by atoms with Gasteiger partial charge >= 0.3 is 11.9 Å². The number of hydrogen-bond donors (Lipinski definition) is 0. The third-order valence-electron chi connectivity index (χ3n) is 5.17. The molecule has 2 aliphatic heterocycles. The standard InChI is InChI=1S/C20H25N3O6/c1-3-29-20(27)19(26)22-9-7-21(8-10-22)18(25)14-11-17(24)23(13-14)15-5-4-6-16(12-15)28-2/h4-6,12,14H,3,7-11,13H2,1-2H3/t14-/m0/s1. The summed E-state index contributed by atoms with van der Waals surface area (Å²) in [6.07, 6.45) is 0.151. The zero-order chi connectivity index (χ0) is 21.0. The number of methoxy groups -OCH3 is 1. The zero-order valence-corrected chi connectivity index (χ0v) is 16.6. The van der Waals surface area contributed by atoms with Crippen molar-refractivity contribution in [3.8, 4) is 5.75 Å². The normalized spacial score (nSPS) is 19.3. The average molecular weight is 403 g/mol. The molecule has 0 spiro atoms. The second-order valence-corrected chi connectivity index (χ2v) is 6.94. The Hall–Kier alpha value is -3.10. The first-order valence-electron chi connectivity index (χ1n) is 9.63. The summed E-state index contributed by atoms with van der Waals surface area (Å²) in [6, 6.07) is 7.18. The highest BCUT2D eigenvalue weighted by molar-refractivity contribution is 6.32. The van der Waals surface area contributed by atoms with Crippen molar-refractivity contribution in [3.05, 3.63) is 24.3 Å². The maximum Gasteiger partial charge on any atom is 0.397 e.